The maximum absolute atomic E-state index is 12.9. The molecular formula is C16H23ClN2O2. The molecule has 2 fully saturated rings. The van der Waals surface area contributed by atoms with E-state index in [0.717, 1.165) is 38.5 Å². The fourth-order valence-electron chi connectivity index (χ4n) is 4.11. The Morgan fingerprint density at radius 1 is 1.10 bits per heavy atom. The van der Waals surface area contributed by atoms with Crippen molar-refractivity contribution in [1.29, 1.82) is 0 Å². The van der Waals surface area contributed by atoms with Gasteiger partial charge in [0.15, 0.2) is 0 Å². The smallest absolute Gasteiger partial charge is 0.297 e. The molecule has 0 spiro atoms. The number of aromatic nitrogens is 2. The lowest BCUT2D eigenvalue weighted by molar-refractivity contribution is 0.335. The molecule has 1 heterocycles. The summed E-state index contributed by atoms with van der Waals surface area (Å²) in [6.07, 6.45) is 6.23. The van der Waals surface area contributed by atoms with Crippen LogP contribution in [0.4, 0.5) is 0 Å². The third-order valence-corrected chi connectivity index (χ3v) is 5.94. The predicted molar refractivity (Wildman–Crippen MR) is 84.1 cm³/mol. The van der Waals surface area contributed by atoms with Crippen molar-refractivity contribution in [2.75, 3.05) is 0 Å². The first-order valence-electron chi connectivity index (χ1n) is 8.05. The first-order chi connectivity index (χ1) is 10.0. The summed E-state index contributed by atoms with van der Waals surface area (Å²) in [5.74, 6) is 1.11. The average molecular weight is 311 g/mol. The Morgan fingerprint density at radius 3 is 2.33 bits per heavy atom. The second-order valence-corrected chi connectivity index (χ2v) is 7.17. The fourth-order valence-corrected chi connectivity index (χ4v) is 4.43. The summed E-state index contributed by atoms with van der Waals surface area (Å²) in [5.41, 5.74) is 0.139. The molecule has 2 saturated carbocycles. The maximum Gasteiger partial charge on any atom is 0.329 e. The van der Waals surface area contributed by atoms with Gasteiger partial charge >= 0.3 is 5.69 Å². The summed E-state index contributed by atoms with van der Waals surface area (Å²) >= 11 is 6.19. The first-order valence-corrected chi connectivity index (χ1v) is 8.42. The molecule has 5 heteroatoms. The molecule has 0 saturated heterocycles. The lowest BCUT2D eigenvalue weighted by Gasteiger charge is -2.22. The first kappa shape index (κ1) is 14.9. The van der Waals surface area contributed by atoms with E-state index in [9.17, 15) is 9.59 Å². The second kappa shape index (κ2) is 5.64. The van der Waals surface area contributed by atoms with E-state index in [-0.39, 0.29) is 28.4 Å². The molecule has 3 atom stereocenters. The van der Waals surface area contributed by atoms with Crippen molar-refractivity contribution in [2.24, 2.45) is 11.8 Å². The van der Waals surface area contributed by atoms with E-state index < -0.39 is 0 Å². The van der Waals surface area contributed by atoms with E-state index in [0.29, 0.717) is 17.4 Å². The van der Waals surface area contributed by atoms with Crippen LogP contribution in [0.1, 0.15) is 69.9 Å². The van der Waals surface area contributed by atoms with Gasteiger partial charge in [-0.05, 0) is 43.4 Å². The van der Waals surface area contributed by atoms with Crippen LogP contribution in [-0.4, -0.2) is 9.55 Å². The van der Waals surface area contributed by atoms with Crippen molar-refractivity contribution in [3.8, 4) is 0 Å². The van der Waals surface area contributed by atoms with Crippen molar-refractivity contribution in [3.05, 3.63) is 31.6 Å². The minimum Gasteiger partial charge on any atom is -0.297 e. The van der Waals surface area contributed by atoms with Crippen molar-refractivity contribution in [2.45, 2.75) is 64.3 Å². The SMILES string of the molecule is CC1CCC(n2c(=O)[nH]c(Cl)c(C3CCCC3)c2=O)C1C. The van der Waals surface area contributed by atoms with Crippen LogP contribution in [0.3, 0.4) is 0 Å². The van der Waals surface area contributed by atoms with Gasteiger partial charge in [0.1, 0.15) is 5.15 Å². The number of nitrogens with zero attached hydrogens (tertiary/aromatic N) is 1. The van der Waals surface area contributed by atoms with Gasteiger partial charge in [-0.25, -0.2) is 4.79 Å². The Bertz CT molecular complexity index is 643. The molecule has 21 heavy (non-hydrogen) atoms. The van der Waals surface area contributed by atoms with Crippen molar-refractivity contribution < 1.29 is 0 Å². The molecule has 4 nitrogen and oxygen atoms in total. The maximum atomic E-state index is 12.9. The lowest BCUT2D eigenvalue weighted by Crippen LogP contribution is -2.41. The number of hydrogen-bond donors (Lipinski definition) is 1. The number of rotatable bonds is 2. The minimum atomic E-state index is -0.349. The van der Waals surface area contributed by atoms with Crippen LogP contribution >= 0.6 is 11.6 Å². The summed E-state index contributed by atoms with van der Waals surface area (Å²) in [4.78, 5) is 27.9. The number of hydrogen-bond acceptors (Lipinski definition) is 2. The van der Waals surface area contributed by atoms with Gasteiger partial charge in [-0.1, -0.05) is 38.3 Å². The number of H-pyrrole nitrogens is 1. The third-order valence-electron chi connectivity index (χ3n) is 5.64. The molecule has 1 aromatic heterocycles. The van der Waals surface area contributed by atoms with Crippen molar-refractivity contribution >= 4 is 11.6 Å². The average Bonchev–Trinajstić information content (AvgIpc) is 3.04. The largest absolute Gasteiger partial charge is 0.329 e. The molecule has 1 N–H and O–H groups in total. The van der Waals surface area contributed by atoms with Crippen LogP contribution in [0.5, 0.6) is 0 Å². The van der Waals surface area contributed by atoms with Gasteiger partial charge in [0.2, 0.25) is 0 Å². The highest BCUT2D eigenvalue weighted by molar-refractivity contribution is 6.30. The molecule has 0 aliphatic heterocycles. The zero-order valence-electron chi connectivity index (χ0n) is 12.7. The van der Waals surface area contributed by atoms with Crippen LogP contribution in [0, 0.1) is 11.8 Å². The van der Waals surface area contributed by atoms with Crippen LogP contribution in [0.2, 0.25) is 5.15 Å². The summed E-state index contributed by atoms with van der Waals surface area (Å²) < 4.78 is 1.45. The monoisotopic (exact) mass is 310 g/mol. The molecule has 0 amide bonds. The van der Waals surface area contributed by atoms with E-state index in [2.05, 4.69) is 18.8 Å². The highest BCUT2D eigenvalue weighted by Gasteiger charge is 2.34. The van der Waals surface area contributed by atoms with Gasteiger partial charge < -0.3 is 0 Å². The summed E-state index contributed by atoms with van der Waals surface area (Å²) in [6.45, 7) is 4.33. The zero-order valence-corrected chi connectivity index (χ0v) is 13.4. The minimum absolute atomic E-state index is 0.00803. The molecule has 0 aromatic carbocycles. The Hall–Kier alpha value is -1.03. The predicted octanol–water partition coefficient (Wildman–Crippen LogP) is 3.45. The standard InChI is InChI=1S/C16H23ClN2O2/c1-9-7-8-12(10(9)2)19-15(20)13(11-5-3-4-6-11)14(17)18-16(19)21/h9-12H,3-8H2,1-2H3,(H,18,21). The van der Waals surface area contributed by atoms with E-state index in [1.165, 1.54) is 4.57 Å². The highest BCUT2D eigenvalue weighted by Crippen LogP contribution is 2.39. The zero-order chi connectivity index (χ0) is 15.1. The van der Waals surface area contributed by atoms with Gasteiger partial charge in [0.05, 0.1) is 5.56 Å². The van der Waals surface area contributed by atoms with Gasteiger partial charge in [-0.15, -0.1) is 0 Å². The summed E-state index contributed by atoms with van der Waals surface area (Å²) in [6, 6.07) is 0.00803. The van der Waals surface area contributed by atoms with Gasteiger partial charge in [0, 0.05) is 6.04 Å². The van der Waals surface area contributed by atoms with Crippen LogP contribution in [-0.2, 0) is 0 Å². The molecule has 0 radical (unpaired) electrons. The quantitative estimate of drug-likeness (QED) is 0.851. The Morgan fingerprint density at radius 2 is 1.76 bits per heavy atom. The fraction of sp³-hybridized carbons (Fsp3) is 0.750. The lowest BCUT2D eigenvalue weighted by atomic mass is 9.96. The van der Waals surface area contributed by atoms with Crippen LogP contribution in [0.25, 0.3) is 0 Å². The summed E-state index contributed by atoms with van der Waals surface area (Å²) in [5, 5.41) is 0.256. The number of aromatic amines is 1. The van der Waals surface area contributed by atoms with Gasteiger partial charge in [-0.2, -0.15) is 0 Å². The molecule has 0 bridgehead atoms. The topological polar surface area (TPSA) is 54.9 Å². The summed E-state index contributed by atoms with van der Waals surface area (Å²) in [7, 11) is 0. The molecule has 2 aliphatic rings. The van der Waals surface area contributed by atoms with Crippen LogP contribution < -0.4 is 11.2 Å². The van der Waals surface area contributed by atoms with E-state index in [1.807, 2.05) is 0 Å². The highest BCUT2D eigenvalue weighted by atomic mass is 35.5. The van der Waals surface area contributed by atoms with Gasteiger partial charge in [-0.3, -0.25) is 14.3 Å². The number of nitrogens with one attached hydrogen (secondary N) is 1. The third kappa shape index (κ3) is 2.48. The molecule has 116 valence electrons. The Labute approximate surface area is 129 Å². The second-order valence-electron chi connectivity index (χ2n) is 6.80. The molecule has 2 aliphatic carbocycles. The molecular weight excluding hydrogens is 288 g/mol. The van der Waals surface area contributed by atoms with Crippen molar-refractivity contribution in [3.63, 3.8) is 0 Å². The normalized spacial score (nSPS) is 30.1. The molecule has 3 unspecified atom stereocenters. The molecule has 1 aromatic rings. The van der Waals surface area contributed by atoms with Crippen molar-refractivity contribution in [1.82, 2.24) is 9.55 Å². The van der Waals surface area contributed by atoms with Gasteiger partial charge in [0.25, 0.3) is 5.56 Å². The van der Waals surface area contributed by atoms with Crippen LogP contribution in [0.15, 0.2) is 9.59 Å². The number of halogens is 1. The Balaban J connectivity index is 2.11. The van der Waals surface area contributed by atoms with E-state index in [4.69, 9.17) is 11.6 Å². The van der Waals surface area contributed by atoms with E-state index in [1.54, 1.807) is 0 Å². The molecule has 3 rings (SSSR count). The van der Waals surface area contributed by atoms with E-state index >= 15 is 0 Å². The Kier molecular flexibility index (Phi) is 4.00.